The zero-order chi connectivity index (χ0) is 70.0. The van der Waals surface area contributed by atoms with Crippen LogP contribution >= 0.6 is 45.9 Å². The standard InChI is InChI=1S/2C32H29ClF2N6O7S/c1-47-25(42)11-18-15-49-29(36-18)28-37-23(26(31(45)48-2)27(38-28)20-5-4-17(34)10-21(20)33)14-39-7-8-40-19(12-39)13-41(32(40)46)24-6-3-16(30(43)44)9-22(24)35;1-47-25(42)10-17-15-49-29(36-17)28-37-24(26(31(45)48-2)27(38-28)20-5-3-16(34)9-22(20)33)14-39-7-8-40-19(12-39)13-41(32(40)46)18-4-6-21(30(43)44)23(35)11-18/h3-6,9-10,15,19,27H,7-8,11-14H2,1-2H3,(H,37,38)(H,43,44);3-6,9,11,15,19,27H,7-8,10,12-14H2,1-2H3,(H,37,38)(H,43,44)/t2*19-,27-/m00/s1. The topological polar surface area (TPSA) is 308 Å². The van der Waals surface area contributed by atoms with E-state index < -0.39 is 82.8 Å². The van der Waals surface area contributed by atoms with Crippen LogP contribution in [0.25, 0.3) is 0 Å². The number of amides is 4. The first kappa shape index (κ1) is 69.5. The molecule has 4 N–H and O–H groups in total. The third kappa shape index (κ3) is 14.7. The molecule has 0 aliphatic carbocycles. The third-order valence-electron chi connectivity index (χ3n) is 16.8. The molecule has 512 valence electrons. The lowest BCUT2D eigenvalue weighted by molar-refractivity contribution is -0.140. The van der Waals surface area contributed by atoms with Crippen LogP contribution in [0.5, 0.6) is 0 Å². The van der Waals surface area contributed by atoms with Crippen LogP contribution in [0.2, 0.25) is 10.0 Å². The van der Waals surface area contributed by atoms with Gasteiger partial charge in [0.25, 0.3) is 0 Å². The number of hydrogen-bond donors (Lipinski definition) is 4. The van der Waals surface area contributed by atoms with Gasteiger partial charge in [-0.2, -0.15) is 0 Å². The van der Waals surface area contributed by atoms with E-state index in [1.165, 1.54) is 103 Å². The van der Waals surface area contributed by atoms with E-state index >= 15 is 0 Å². The summed E-state index contributed by atoms with van der Waals surface area (Å²) >= 11 is 15.4. The second kappa shape index (κ2) is 29.5. The van der Waals surface area contributed by atoms with E-state index in [1.54, 1.807) is 20.6 Å². The maximum absolute atomic E-state index is 14.9. The van der Waals surface area contributed by atoms with Gasteiger partial charge < -0.3 is 49.6 Å². The van der Waals surface area contributed by atoms with Crippen LogP contribution in [0.3, 0.4) is 0 Å². The minimum Gasteiger partial charge on any atom is -0.478 e. The number of benzene rings is 4. The van der Waals surface area contributed by atoms with Gasteiger partial charge in [0.1, 0.15) is 35.4 Å². The molecule has 4 saturated heterocycles. The number of ether oxygens (including phenoxy) is 4. The van der Waals surface area contributed by atoms with Gasteiger partial charge in [-0.15, -0.1) is 22.7 Å². The summed E-state index contributed by atoms with van der Waals surface area (Å²) in [5.41, 5.74) is 2.25. The van der Waals surface area contributed by atoms with Crippen molar-refractivity contribution in [3.05, 3.63) is 183 Å². The molecule has 12 rings (SSSR count). The highest BCUT2D eigenvalue weighted by molar-refractivity contribution is 7.12. The summed E-state index contributed by atoms with van der Waals surface area (Å²) < 4.78 is 77.4. The number of hydrogen-bond acceptors (Lipinski definition) is 22. The number of halogens is 6. The molecule has 4 atom stereocenters. The Balaban J connectivity index is 0.000000198. The number of thiazole rings is 2. The summed E-state index contributed by atoms with van der Waals surface area (Å²) in [7, 11) is 5.02. The van der Waals surface area contributed by atoms with Crippen LogP contribution in [-0.2, 0) is 51.0 Å². The fraction of sp³-hybridized carbons (Fsp3) is 0.312. The van der Waals surface area contributed by atoms with Crippen molar-refractivity contribution in [2.24, 2.45) is 9.98 Å². The lowest BCUT2D eigenvalue weighted by Gasteiger charge is -2.38. The van der Waals surface area contributed by atoms with Crippen LogP contribution in [0.15, 0.2) is 116 Å². The van der Waals surface area contributed by atoms with Gasteiger partial charge in [-0.25, -0.2) is 56.3 Å². The Labute approximate surface area is 572 Å². The highest BCUT2D eigenvalue weighted by Gasteiger charge is 2.45. The van der Waals surface area contributed by atoms with Gasteiger partial charge in [-0.1, -0.05) is 35.3 Å². The smallest absolute Gasteiger partial charge is 0.338 e. The van der Waals surface area contributed by atoms with Gasteiger partial charge in [-0.05, 0) is 60.7 Å². The van der Waals surface area contributed by atoms with Crippen molar-refractivity contribution in [3.8, 4) is 0 Å². The van der Waals surface area contributed by atoms with Gasteiger partial charge in [0.2, 0.25) is 0 Å². The number of carbonyl (C=O) groups is 8. The number of amidine groups is 2. The number of aliphatic imine (C=N–C) groups is 2. The number of rotatable bonds is 18. The molecule has 4 amide bonds. The average molecular weight is 1430 g/mol. The Morgan fingerprint density at radius 1 is 0.571 bits per heavy atom. The van der Waals surface area contributed by atoms with Crippen LogP contribution in [0.4, 0.5) is 38.5 Å². The second-order valence-corrected chi connectivity index (χ2v) is 25.3. The van der Waals surface area contributed by atoms with E-state index in [9.17, 15) is 66.1 Å². The number of anilines is 2. The highest BCUT2D eigenvalue weighted by Crippen LogP contribution is 2.40. The summed E-state index contributed by atoms with van der Waals surface area (Å²) in [6, 6.07) is 11.2. The normalized spacial score (nSPS) is 19.4. The van der Waals surface area contributed by atoms with Gasteiger partial charge in [0.05, 0.1) is 92.7 Å². The van der Waals surface area contributed by atoms with Crippen molar-refractivity contribution in [2.45, 2.75) is 37.0 Å². The molecule has 8 heterocycles. The number of carboxylic acid groups (broad SMARTS) is 2. The number of esters is 4. The van der Waals surface area contributed by atoms with Crippen molar-refractivity contribution < 1.29 is 85.1 Å². The van der Waals surface area contributed by atoms with E-state index in [0.717, 1.165) is 30.3 Å². The Kier molecular flexibility index (Phi) is 20.9. The number of methoxy groups -OCH3 is 4. The SMILES string of the molecule is COC(=O)Cc1csc(C2=N[C@@H](c3ccc(F)cc3Cl)C(C(=O)OC)=C(CN3CCN4C(=O)N(c5ccc(C(=O)O)c(F)c5)C[C@@H]4C3)N2)n1.COC(=O)Cc1csc(C2=N[C@@H](c3ccc(F)cc3Cl)C(C(=O)OC)=C(CN3CCN4C(=O)N(c5ccc(C(=O)O)cc5F)C[C@@H]4C3)N2)n1. The Bertz CT molecular complexity index is 4380. The van der Waals surface area contributed by atoms with E-state index in [-0.39, 0.29) is 101 Å². The Morgan fingerprint density at radius 2 is 1.05 bits per heavy atom. The molecule has 2 aromatic heterocycles. The first-order chi connectivity index (χ1) is 46.9. The molecule has 98 heavy (non-hydrogen) atoms. The molecular weight excluding hydrogens is 1370 g/mol. The van der Waals surface area contributed by atoms with E-state index in [1.807, 2.05) is 9.80 Å². The van der Waals surface area contributed by atoms with Crippen LogP contribution < -0.4 is 20.4 Å². The number of nitrogens with zero attached hydrogens (tertiary/aromatic N) is 10. The number of piperazine rings is 2. The van der Waals surface area contributed by atoms with Crippen LogP contribution in [-0.4, -0.2) is 205 Å². The number of carboxylic acids is 2. The van der Waals surface area contributed by atoms with E-state index in [4.69, 9.17) is 52.1 Å². The van der Waals surface area contributed by atoms with Crippen molar-refractivity contribution in [2.75, 3.05) is 104 Å². The first-order valence-electron chi connectivity index (χ1n) is 29.9. The Hall–Kier alpha value is -9.86. The highest BCUT2D eigenvalue weighted by atomic mass is 35.5. The summed E-state index contributed by atoms with van der Waals surface area (Å²) in [6.07, 6.45) is -0.111. The lowest BCUT2D eigenvalue weighted by Crippen LogP contribution is -2.53. The van der Waals surface area contributed by atoms with Crippen molar-refractivity contribution in [3.63, 3.8) is 0 Å². The average Bonchev–Trinajstić information content (AvgIpc) is 1.22. The molecule has 0 bridgehead atoms. The fourth-order valence-corrected chi connectivity index (χ4v) is 14.2. The minimum absolute atomic E-state index is 0.0181. The van der Waals surface area contributed by atoms with Gasteiger partial charge in [0, 0.05) is 114 Å². The second-order valence-electron chi connectivity index (χ2n) is 22.8. The van der Waals surface area contributed by atoms with Gasteiger partial charge >= 0.3 is 47.9 Å². The predicted molar refractivity (Wildman–Crippen MR) is 347 cm³/mol. The lowest BCUT2D eigenvalue weighted by atomic mass is 9.95. The van der Waals surface area contributed by atoms with E-state index in [2.05, 4.69) is 20.6 Å². The first-order valence-corrected chi connectivity index (χ1v) is 32.4. The molecule has 0 unspecified atom stereocenters. The molecule has 0 spiro atoms. The predicted octanol–water partition coefficient (Wildman–Crippen LogP) is 7.27. The largest absolute Gasteiger partial charge is 0.478 e. The minimum atomic E-state index is -1.41. The summed E-state index contributed by atoms with van der Waals surface area (Å²) in [5.74, 6) is -7.32. The van der Waals surface area contributed by atoms with Crippen LogP contribution in [0, 0.1) is 23.3 Å². The molecule has 0 saturated carbocycles. The number of carbonyl (C=O) groups excluding carboxylic acids is 6. The summed E-state index contributed by atoms with van der Waals surface area (Å²) in [6.45, 7) is 2.89. The molecule has 4 aromatic carbocycles. The molecule has 4 fully saturated rings. The molecular formula is C64H58Cl2F4N12O14S2. The number of nitrogens with one attached hydrogen (secondary N) is 2. The number of fused-ring (bicyclic) bond motifs is 2. The monoisotopic (exact) mass is 1430 g/mol. The fourth-order valence-electron chi connectivity index (χ4n) is 12.1. The zero-order valence-electron chi connectivity index (χ0n) is 52.2. The molecule has 0 radical (unpaired) electrons. The molecule has 6 aliphatic rings. The maximum atomic E-state index is 14.9. The van der Waals surface area contributed by atoms with Gasteiger partial charge in [-0.3, -0.25) is 39.2 Å². The summed E-state index contributed by atoms with van der Waals surface area (Å²) in [4.78, 5) is 128. The molecule has 6 aliphatic heterocycles. The zero-order valence-corrected chi connectivity index (χ0v) is 55.4. The van der Waals surface area contributed by atoms with Crippen molar-refractivity contribution in [1.82, 2.24) is 40.2 Å². The Morgan fingerprint density at radius 3 is 1.48 bits per heavy atom. The van der Waals surface area contributed by atoms with Crippen LogP contribution in [0.1, 0.15) is 65.3 Å². The summed E-state index contributed by atoms with van der Waals surface area (Å²) in [5, 5.41) is 29.2. The van der Waals surface area contributed by atoms with Gasteiger partial charge in [0.15, 0.2) is 21.7 Å². The number of urea groups is 2. The number of aromatic carboxylic acids is 2. The quantitative estimate of drug-likeness (QED) is 0.0373. The third-order valence-corrected chi connectivity index (χ3v) is 19.3. The van der Waals surface area contributed by atoms with E-state index in [0.29, 0.717) is 89.0 Å². The molecule has 6 aromatic rings. The van der Waals surface area contributed by atoms with Crippen molar-refractivity contribution in [1.29, 1.82) is 0 Å². The molecule has 34 heteroatoms. The van der Waals surface area contributed by atoms with Crippen molar-refractivity contribution >= 4 is 117 Å². The maximum Gasteiger partial charge on any atom is 0.338 e. The number of aromatic nitrogens is 2. The molecule has 26 nitrogen and oxygen atoms in total.